The van der Waals surface area contributed by atoms with Crippen molar-refractivity contribution in [3.63, 3.8) is 0 Å². The molecule has 1 rings (SSSR count). The van der Waals surface area contributed by atoms with Crippen molar-refractivity contribution in [1.29, 1.82) is 0 Å². The normalized spacial score (nSPS) is 10.1. The summed E-state index contributed by atoms with van der Waals surface area (Å²) in [6, 6.07) is 4.92. The van der Waals surface area contributed by atoms with Gasteiger partial charge in [-0.05, 0) is 13.0 Å². The molecule has 0 fully saturated rings. The van der Waals surface area contributed by atoms with Crippen molar-refractivity contribution >= 4 is 6.03 Å². The molecular formula is C11H17N3O2. The predicted molar refractivity (Wildman–Crippen MR) is 62.1 cm³/mol. The van der Waals surface area contributed by atoms with Gasteiger partial charge < -0.3 is 21.5 Å². The number of aromatic hydroxyl groups is 1. The first kappa shape index (κ1) is 12.3. The van der Waals surface area contributed by atoms with Gasteiger partial charge in [-0.15, -0.1) is 0 Å². The van der Waals surface area contributed by atoms with Gasteiger partial charge in [-0.25, -0.2) is 4.79 Å². The fourth-order valence-corrected chi connectivity index (χ4v) is 1.35. The van der Waals surface area contributed by atoms with Gasteiger partial charge in [-0.3, -0.25) is 0 Å². The molecule has 5 N–H and O–H groups in total. The van der Waals surface area contributed by atoms with E-state index in [1.165, 1.54) is 0 Å². The molecule has 0 aromatic heterocycles. The maximum Gasteiger partial charge on any atom is 0.312 e. The fourth-order valence-electron chi connectivity index (χ4n) is 1.35. The summed E-state index contributed by atoms with van der Waals surface area (Å²) in [5, 5.41) is 15.1. The second-order valence-electron chi connectivity index (χ2n) is 3.60. The van der Waals surface area contributed by atoms with Crippen molar-refractivity contribution in [3.05, 3.63) is 29.3 Å². The van der Waals surface area contributed by atoms with Crippen LogP contribution in [0.1, 0.15) is 11.1 Å². The molecular weight excluding hydrogens is 206 g/mol. The maximum atomic E-state index is 10.4. The molecule has 0 unspecified atom stereocenters. The van der Waals surface area contributed by atoms with Gasteiger partial charge >= 0.3 is 6.03 Å². The smallest absolute Gasteiger partial charge is 0.312 e. The van der Waals surface area contributed by atoms with Gasteiger partial charge in [0.25, 0.3) is 0 Å². The Labute approximate surface area is 94.7 Å². The first-order valence-electron chi connectivity index (χ1n) is 5.12. The van der Waals surface area contributed by atoms with Crippen LogP contribution in [0.5, 0.6) is 5.75 Å². The van der Waals surface area contributed by atoms with Crippen LogP contribution in [0.15, 0.2) is 18.2 Å². The molecule has 1 aromatic carbocycles. The second kappa shape index (κ2) is 5.97. The molecule has 0 aliphatic carbocycles. The molecule has 0 aliphatic heterocycles. The lowest BCUT2D eigenvalue weighted by atomic mass is 10.1. The number of carbonyl (C=O) groups is 1. The van der Waals surface area contributed by atoms with Crippen molar-refractivity contribution in [1.82, 2.24) is 10.6 Å². The summed E-state index contributed by atoms with van der Waals surface area (Å²) >= 11 is 0. The van der Waals surface area contributed by atoms with Gasteiger partial charge in [0.05, 0.1) is 0 Å². The van der Waals surface area contributed by atoms with E-state index in [-0.39, 0.29) is 5.75 Å². The lowest BCUT2D eigenvalue weighted by Crippen LogP contribution is -2.35. The molecule has 2 amide bonds. The van der Waals surface area contributed by atoms with E-state index in [1.54, 1.807) is 6.07 Å². The summed E-state index contributed by atoms with van der Waals surface area (Å²) in [6.45, 7) is 3.61. The molecule has 5 heteroatoms. The quantitative estimate of drug-likeness (QED) is 0.547. The lowest BCUT2D eigenvalue weighted by Gasteiger charge is -2.07. The Bertz CT molecular complexity index is 366. The van der Waals surface area contributed by atoms with Crippen molar-refractivity contribution < 1.29 is 9.90 Å². The number of hydrogen-bond acceptors (Lipinski definition) is 3. The molecule has 88 valence electrons. The summed E-state index contributed by atoms with van der Waals surface area (Å²) in [6.07, 6.45) is 0. The van der Waals surface area contributed by atoms with Crippen LogP contribution in [0.4, 0.5) is 4.79 Å². The van der Waals surface area contributed by atoms with E-state index in [0.717, 1.165) is 11.1 Å². The van der Waals surface area contributed by atoms with Crippen LogP contribution >= 0.6 is 0 Å². The zero-order chi connectivity index (χ0) is 12.0. The Hall–Kier alpha value is -1.75. The average Bonchev–Trinajstić information content (AvgIpc) is 2.22. The van der Waals surface area contributed by atoms with E-state index >= 15 is 0 Å². The minimum atomic E-state index is -0.528. The highest BCUT2D eigenvalue weighted by Crippen LogP contribution is 2.17. The number of amides is 2. The summed E-state index contributed by atoms with van der Waals surface area (Å²) in [4.78, 5) is 10.4. The zero-order valence-corrected chi connectivity index (χ0v) is 9.29. The molecule has 0 spiro atoms. The molecule has 0 aliphatic rings. The van der Waals surface area contributed by atoms with E-state index in [0.29, 0.717) is 19.6 Å². The molecule has 16 heavy (non-hydrogen) atoms. The van der Waals surface area contributed by atoms with E-state index in [4.69, 9.17) is 5.73 Å². The lowest BCUT2D eigenvalue weighted by molar-refractivity contribution is 0.249. The number of rotatable bonds is 5. The molecule has 5 nitrogen and oxygen atoms in total. The first-order chi connectivity index (χ1) is 7.59. The third-order valence-corrected chi connectivity index (χ3v) is 2.15. The molecule has 0 saturated carbocycles. The standard InChI is InChI=1S/C11H17N3O2/c1-8-2-3-10(15)9(6-8)7-13-4-5-14-11(12)16/h2-3,6,13,15H,4-5,7H2,1H3,(H3,12,14,16). The Morgan fingerprint density at radius 1 is 1.44 bits per heavy atom. The van der Waals surface area contributed by atoms with Crippen LogP contribution in [-0.4, -0.2) is 24.2 Å². The molecule has 1 aromatic rings. The number of benzene rings is 1. The summed E-state index contributed by atoms with van der Waals surface area (Å²) in [7, 11) is 0. The van der Waals surface area contributed by atoms with Gasteiger partial charge in [-0.1, -0.05) is 17.7 Å². The molecule has 0 heterocycles. The average molecular weight is 223 g/mol. The number of nitrogens with one attached hydrogen (secondary N) is 2. The van der Waals surface area contributed by atoms with Crippen molar-refractivity contribution in [2.75, 3.05) is 13.1 Å². The number of nitrogens with two attached hydrogens (primary N) is 1. The molecule has 0 saturated heterocycles. The van der Waals surface area contributed by atoms with Crippen LogP contribution in [-0.2, 0) is 6.54 Å². The van der Waals surface area contributed by atoms with Gasteiger partial charge in [-0.2, -0.15) is 0 Å². The molecule has 0 radical (unpaired) electrons. The predicted octanol–water partition coefficient (Wildman–Crippen LogP) is 0.459. The number of phenols is 1. The first-order valence-corrected chi connectivity index (χ1v) is 5.12. The number of hydrogen-bond donors (Lipinski definition) is 4. The molecule has 0 bridgehead atoms. The molecule has 0 atom stereocenters. The highest BCUT2D eigenvalue weighted by molar-refractivity contribution is 5.71. The number of aryl methyl sites for hydroxylation is 1. The number of primary amides is 1. The Balaban J connectivity index is 2.31. The van der Waals surface area contributed by atoms with Crippen LogP contribution in [0.2, 0.25) is 0 Å². The topological polar surface area (TPSA) is 87.4 Å². The summed E-state index contributed by atoms with van der Waals surface area (Å²) < 4.78 is 0. The highest BCUT2D eigenvalue weighted by Gasteiger charge is 2.00. The van der Waals surface area contributed by atoms with Gasteiger partial charge in [0, 0.05) is 25.2 Å². The Kier molecular flexibility index (Phi) is 4.60. The largest absolute Gasteiger partial charge is 0.508 e. The highest BCUT2D eigenvalue weighted by atomic mass is 16.3. The van der Waals surface area contributed by atoms with Crippen LogP contribution < -0.4 is 16.4 Å². The SMILES string of the molecule is Cc1ccc(O)c(CNCCNC(N)=O)c1. The van der Waals surface area contributed by atoms with E-state index in [9.17, 15) is 9.90 Å². The fraction of sp³-hybridized carbons (Fsp3) is 0.364. The van der Waals surface area contributed by atoms with Gasteiger partial charge in [0.1, 0.15) is 5.75 Å². The van der Waals surface area contributed by atoms with Crippen molar-refractivity contribution in [3.8, 4) is 5.75 Å². The van der Waals surface area contributed by atoms with Crippen molar-refractivity contribution in [2.24, 2.45) is 5.73 Å². The number of carbonyl (C=O) groups excluding carboxylic acids is 1. The Morgan fingerprint density at radius 2 is 2.19 bits per heavy atom. The van der Waals surface area contributed by atoms with Crippen LogP contribution in [0.25, 0.3) is 0 Å². The monoisotopic (exact) mass is 223 g/mol. The summed E-state index contributed by atoms with van der Waals surface area (Å²) in [5.74, 6) is 0.279. The van der Waals surface area contributed by atoms with Gasteiger partial charge in [0.2, 0.25) is 0 Å². The number of urea groups is 1. The van der Waals surface area contributed by atoms with Crippen LogP contribution in [0, 0.1) is 6.92 Å². The van der Waals surface area contributed by atoms with Crippen LogP contribution in [0.3, 0.4) is 0 Å². The van der Waals surface area contributed by atoms with Crippen molar-refractivity contribution in [2.45, 2.75) is 13.5 Å². The third kappa shape index (κ3) is 4.18. The number of phenolic OH excluding ortho intramolecular Hbond substituents is 1. The second-order valence-corrected chi connectivity index (χ2v) is 3.60. The van der Waals surface area contributed by atoms with E-state index < -0.39 is 6.03 Å². The Morgan fingerprint density at radius 3 is 2.88 bits per heavy atom. The van der Waals surface area contributed by atoms with E-state index in [2.05, 4.69) is 10.6 Å². The minimum Gasteiger partial charge on any atom is -0.508 e. The third-order valence-electron chi connectivity index (χ3n) is 2.15. The van der Waals surface area contributed by atoms with E-state index in [1.807, 2.05) is 19.1 Å². The maximum absolute atomic E-state index is 10.4. The minimum absolute atomic E-state index is 0.279. The zero-order valence-electron chi connectivity index (χ0n) is 9.29. The van der Waals surface area contributed by atoms with Gasteiger partial charge in [0.15, 0.2) is 0 Å². The summed E-state index contributed by atoms with van der Waals surface area (Å²) in [5.41, 5.74) is 6.86.